The van der Waals surface area contributed by atoms with Crippen LogP contribution < -0.4 is 15.6 Å². The molecule has 0 aliphatic carbocycles. The summed E-state index contributed by atoms with van der Waals surface area (Å²) < 4.78 is 10.9. The molecule has 0 heterocycles. The molecule has 0 aromatic heterocycles. The highest BCUT2D eigenvalue weighted by Gasteiger charge is 2.10. The molecule has 0 aliphatic heterocycles. The maximum absolute atomic E-state index is 12.0. The van der Waals surface area contributed by atoms with E-state index in [1.807, 2.05) is 13.0 Å². The van der Waals surface area contributed by atoms with Gasteiger partial charge in [-0.2, -0.15) is 0 Å². The minimum Gasteiger partial charge on any atom is -0.483 e. The second kappa shape index (κ2) is 9.00. The monoisotopic (exact) mass is 420 g/mol. The number of nitrogens with one attached hydrogen (secondary N) is 2. The molecule has 136 valence electrons. The van der Waals surface area contributed by atoms with Crippen LogP contribution in [0.15, 0.2) is 46.9 Å². The van der Waals surface area contributed by atoms with Gasteiger partial charge in [-0.05, 0) is 55.0 Å². The van der Waals surface area contributed by atoms with Crippen molar-refractivity contribution in [3.63, 3.8) is 0 Å². The molecular weight excluding hydrogens is 404 g/mol. The van der Waals surface area contributed by atoms with Crippen molar-refractivity contribution in [1.82, 2.24) is 10.9 Å². The van der Waals surface area contributed by atoms with Gasteiger partial charge in [0, 0.05) is 10.0 Å². The Balaban J connectivity index is 1.82. The number of methoxy groups -OCH3 is 1. The van der Waals surface area contributed by atoms with Crippen LogP contribution in [0.5, 0.6) is 5.75 Å². The van der Waals surface area contributed by atoms with Crippen LogP contribution >= 0.6 is 15.9 Å². The molecule has 0 saturated carbocycles. The molecule has 2 aromatic rings. The van der Waals surface area contributed by atoms with E-state index in [1.165, 1.54) is 31.4 Å². The maximum Gasteiger partial charge on any atom is 0.337 e. The number of hydrazine groups is 1. The predicted molar refractivity (Wildman–Crippen MR) is 97.8 cm³/mol. The minimum atomic E-state index is -0.519. The molecule has 0 bridgehead atoms. The normalized spacial score (nSPS) is 9.96. The van der Waals surface area contributed by atoms with Crippen LogP contribution in [0.3, 0.4) is 0 Å². The Bertz CT molecular complexity index is 821. The zero-order chi connectivity index (χ0) is 19.1. The molecule has 26 heavy (non-hydrogen) atoms. The van der Waals surface area contributed by atoms with Crippen LogP contribution in [0.1, 0.15) is 26.3 Å². The summed E-state index contributed by atoms with van der Waals surface area (Å²) in [6, 6.07) is 11.2. The molecule has 2 amide bonds. The molecular formula is C18H17BrN2O5. The second-order valence-electron chi connectivity index (χ2n) is 5.27. The van der Waals surface area contributed by atoms with E-state index < -0.39 is 17.8 Å². The smallest absolute Gasteiger partial charge is 0.337 e. The van der Waals surface area contributed by atoms with Crippen LogP contribution in [-0.2, 0) is 9.53 Å². The zero-order valence-electron chi connectivity index (χ0n) is 14.2. The summed E-state index contributed by atoms with van der Waals surface area (Å²) in [5.74, 6) is -0.944. The fraction of sp³-hybridized carbons (Fsp3) is 0.167. The largest absolute Gasteiger partial charge is 0.483 e. The van der Waals surface area contributed by atoms with Gasteiger partial charge < -0.3 is 9.47 Å². The van der Waals surface area contributed by atoms with E-state index >= 15 is 0 Å². The molecule has 0 unspecified atom stereocenters. The topological polar surface area (TPSA) is 93.7 Å². The number of ether oxygens (including phenoxy) is 2. The van der Waals surface area contributed by atoms with E-state index in [4.69, 9.17) is 4.74 Å². The number of esters is 1. The Morgan fingerprint density at radius 2 is 1.65 bits per heavy atom. The summed E-state index contributed by atoms with van der Waals surface area (Å²) in [4.78, 5) is 35.1. The predicted octanol–water partition coefficient (Wildman–Crippen LogP) is 2.38. The molecule has 2 N–H and O–H groups in total. The van der Waals surface area contributed by atoms with Gasteiger partial charge in [0.25, 0.3) is 11.8 Å². The number of halogens is 1. The SMILES string of the molecule is COC(=O)c1ccc(C(=O)NNC(=O)COc2ccc(Br)cc2C)cc1. The van der Waals surface area contributed by atoms with Crippen molar-refractivity contribution in [2.75, 3.05) is 13.7 Å². The van der Waals surface area contributed by atoms with Crippen LogP contribution in [0.25, 0.3) is 0 Å². The average Bonchev–Trinajstić information content (AvgIpc) is 2.64. The van der Waals surface area contributed by atoms with Gasteiger partial charge >= 0.3 is 5.97 Å². The van der Waals surface area contributed by atoms with E-state index in [0.717, 1.165) is 10.0 Å². The number of hydrogen-bond donors (Lipinski definition) is 2. The summed E-state index contributed by atoms with van der Waals surface area (Å²) in [5, 5.41) is 0. The number of hydrogen-bond acceptors (Lipinski definition) is 5. The Labute approximate surface area is 158 Å². The van der Waals surface area contributed by atoms with Gasteiger partial charge in [0.15, 0.2) is 6.61 Å². The maximum atomic E-state index is 12.0. The highest BCUT2D eigenvalue weighted by atomic mass is 79.9. The molecule has 0 atom stereocenters. The first-order chi connectivity index (χ1) is 12.4. The lowest BCUT2D eigenvalue weighted by Gasteiger charge is -2.10. The highest BCUT2D eigenvalue weighted by molar-refractivity contribution is 9.10. The second-order valence-corrected chi connectivity index (χ2v) is 6.19. The van der Waals surface area contributed by atoms with E-state index in [0.29, 0.717) is 11.3 Å². The number of carbonyl (C=O) groups is 3. The van der Waals surface area contributed by atoms with Crippen molar-refractivity contribution in [2.24, 2.45) is 0 Å². The molecule has 0 aliphatic rings. The van der Waals surface area contributed by atoms with E-state index in [2.05, 4.69) is 31.5 Å². The van der Waals surface area contributed by atoms with E-state index in [9.17, 15) is 14.4 Å². The average molecular weight is 421 g/mol. The zero-order valence-corrected chi connectivity index (χ0v) is 15.8. The Hall–Kier alpha value is -2.87. The number of aryl methyl sites for hydroxylation is 1. The Kier molecular flexibility index (Phi) is 6.74. The van der Waals surface area contributed by atoms with Gasteiger partial charge in [-0.3, -0.25) is 20.4 Å². The van der Waals surface area contributed by atoms with Gasteiger partial charge in [0.2, 0.25) is 0 Å². The molecule has 2 aromatic carbocycles. The fourth-order valence-electron chi connectivity index (χ4n) is 2.03. The summed E-state index contributed by atoms with van der Waals surface area (Å²) >= 11 is 3.35. The van der Waals surface area contributed by atoms with Gasteiger partial charge in [-0.1, -0.05) is 15.9 Å². The summed E-state index contributed by atoms with van der Waals surface area (Å²) in [6.45, 7) is 1.61. The first-order valence-corrected chi connectivity index (χ1v) is 8.36. The highest BCUT2D eigenvalue weighted by Crippen LogP contribution is 2.21. The third-order valence-electron chi connectivity index (χ3n) is 3.38. The molecule has 8 heteroatoms. The summed E-state index contributed by atoms with van der Waals surface area (Å²) in [6.07, 6.45) is 0. The molecule has 0 spiro atoms. The van der Waals surface area contributed by atoms with Gasteiger partial charge in [-0.15, -0.1) is 0 Å². The lowest BCUT2D eigenvalue weighted by molar-refractivity contribution is -0.123. The quantitative estimate of drug-likeness (QED) is 0.571. The number of carbonyl (C=O) groups excluding carboxylic acids is 3. The summed E-state index contributed by atoms with van der Waals surface area (Å²) in [5.41, 5.74) is 6.03. The fourth-order valence-corrected chi connectivity index (χ4v) is 2.50. The van der Waals surface area contributed by atoms with Crippen LogP contribution in [0.2, 0.25) is 0 Å². The van der Waals surface area contributed by atoms with E-state index in [-0.39, 0.29) is 12.2 Å². The van der Waals surface area contributed by atoms with E-state index in [1.54, 1.807) is 12.1 Å². The third kappa shape index (κ3) is 5.32. The van der Waals surface area contributed by atoms with Crippen molar-refractivity contribution in [2.45, 2.75) is 6.92 Å². The third-order valence-corrected chi connectivity index (χ3v) is 3.87. The first kappa shape index (κ1) is 19.5. The summed E-state index contributed by atoms with van der Waals surface area (Å²) in [7, 11) is 1.27. The molecule has 2 rings (SSSR count). The number of rotatable bonds is 5. The molecule has 7 nitrogen and oxygen atoms in total. The lowest BCUT2D eigenvalue weighted by Crippen LogP contribution is -2.43. The number of benzene rings is 2. The standard InChI is InChI=1S/C18H17BrN2O5/c1-11-9-14(19)7-8-15(11)26-10-16(22)20-21-17(23)12-3-5-13(6-4-12)18(24)25-2/h3-9H,10H2,1-2H3,(H,20,22)(H,21,23). The van der Waals surface area contributed by atoms with Crippen molar-refractivity contribution in [3.05, 3.63) is 63.6 Å². The van der Waals surface area contributed by atoms with Crippen molar-refractivity contribution in [3.8, 4) is 5.75 Å². The Morgan fingerprint density at radius 3 is 2.27 bits per heavy atom. The van der Waals surface area contributed by atoms with Crippen molar-refractivity contribution >= 4 is 33.7 Å². The molecule has 0 radical (unpaired) electrons. The van der Waals surface area contributed by atoms with Crippen LogP contribution in [0, 0.1) is 6.92 Å². The minimum absolute atomic E-state index is 0.246. The number of amides is 2. The van der Waals surface area contributed by atoms with Gasteiger partial charge in [0.1, 0.15) is 5.75 Å². The molecule has 0 fully saturated rings. The van der Waals surface area contributed by atoms with Gasteiger partial charge in [0.05, 0.1) is 12.7 Å². The van der Waals surface area contributed by atoms with Crippen LogP contribution in [-0.4, -0.2) is 31.5 Å². The van der Waals surface area contributed by atoms with Crippen molar-refractivity contribution in [1.29, 1.82) is 0 Å². The Morgan fingerprint density at radius 1 is 1.00 bits per heavy atom. The first-order valence-electron chi connectivity index (χ1n) is 7.57. The van der Waals surface area contributed by atoms with Gasteiger partial charge in [-0.25, -0.2) is 4.79 Å². The van der Waals surface area contributed by atoms with Crippen LogP contribution in [0.4, 0.5) is 0 Å². The molecule has 0 saturated heterocycles. The lowest BCUT2D eigenvalue weighted by atomic mass is 10.1. The van der Waals surface area contributed by atoms with Crippen molar-refractivity contribution < 1.29 is 23.9 Å².